The van der Waals surface area contributed by atoms with Crippen LogP contribution in [0.4, 0.5) is 11.4 Å². The quantitative estimate of drug-likeness (QED) is 0.529. The molecule has 1 aliphatic rings. The normalized spacial score (nSPS) is 18.4. The second-order valence-electron chi connectivity index (χ2n) is 7.49. The molecule has 3 N–H and O–H groups in total. The average Bonchev–Trinajstić information content (AvgIpc) is 3.32. The van der Waals surface area contributed by atoms with Gasteiger partial charge in [0.2, 0.25) is 5.91 Å². The molecule has 0 saturated carbocycles. The summed E-state index contributed by atoms with van der Waals surface area (Å²) in [4.78, 5) is 22.0. The van der Waals surface area contributed by atoms with Crippen LogP contribution in [0.25, 0.3) is 0 Å². The predicted octanol–water partition coefficient (Wildman–Crippen LogP) is 4.55. The molecule has 1 aliphatic heterocycles. The van der Waals surface area contributed by atoms with Gasteiger partial charge in [-0.1, -0.05) is 13.0 Å². The van der Waals surface area contributed by atoms with E-state index in [1.54, 1.807) is 6.20 Å². The van der Waals surface area contributed by atoms with Crippen molar-refractivity contribution in [1.29, 1.82) is 0 Å². The zero-order chi connectivity index (χ0) is 21.3. The lowest BCUT2D eigenvalue weighted by atomic mass is 10.0. The first kappa shape index (κ1) is 20.1. The van der Waals surface area contributed by atoms with Crippen LogP contribution >= 0.6 is 12.2 Å². The van der Waals surface area contributed by atoms with Crippen molar-refractivity contribution in [3.05, 3.63) is 77.4 Å². The molecular weight excluding hydrogens is 394 g/mol. The van der Waals surface area contributed by atoms with E-state index in [0.29, 0.717) is 11.5 Å². The molecule has 2 atom stereocenters. The van der Waals surface area contributed by atoms with Gasteiger partial charge in [0.15, 0.2) is 5.11 Å². The number of aromatic nitrogens is 2. The van der Waals surface area contributed by atoms with E-state index in [1.807, 2.05) is 51.1 Å². The first-order chi connectivity index (χ1) is 14.5. The average molecular weight is 420 g/mol. The summed E-state index contributed by atoms with van der Waals surface area (Å²) in [6.07, 6.45) is 2.25. The van der Waals surface area contributed by atoms with E-state index in [1.165, 1.54) is 0 Å². The maximum atomic E-state index is 11.8. The summed E-state index contributed by atoms with van der Waals surface area (Å²) in [7, 11) is 0. The lowest BCUT2D eigenvalue weighted by molar-refractivity contribution is -0.115. The van der Waals surface area contributed by atoms with Gasteiger partial charge in [0.25, 0.3) is 0 Å². The number of carbonyl (C=O) groups excluding carboxylic acids is 1. The summed E-state index contributed by atoms with van der Waals surface area (Å²) in [5.41, 5.74) is 5.86. The Balaban J connectivity index is 1.74. The predicted molar refractivity (Wildman–Crippen MR) is 124 cm³/mol. The first-order valence-corrected chi connectivity index (χ1v) is 10.5. The molecular formula is C23H25N5OS. The van der Waals surface area contributed by atoms with Crippen LogP contribution < -0.4 is 15.5 Å². The van der Waals surface area contributed by atoms with Crippen molar-refractivity contribution in [3.63, 3.8) is 0 Å². The van der Waals surface area contributed by atoms with Gasteiger partial charge in [0.05, 0.1) is 11.7 Å². The van der Waals surface area contributed by atoms with Crippen molar-refractivity contribution < 1.29 is 4.79 Å². The molecule has 0 aliphatic carbocycles. The molecule has 154 valence electrons. The molecule has 2 aromatic heterocycles. The second kappa shape index (κ2) is 8.28. The van der Waals surface area contributed by atoms with E-state index in [-0.39, 0.29) is 18.0 Å². The Hall–Kier alpha value is -3.19. The number of hydrogen-bond donors (Lipinski definition) is 3. The minimum atomic E-state index is -0.0865. The third kappa shape index (κ3) is 3.80. The molecule has 7 heteroatoms. The molecule has 0 bridgehead atoms. The Morgan fingerprint density at radius 1 is 1.20 bits per heavy atom. The number of hydrogen-bond acceptors (Lipinski definition) is 3. The molecule has 1 saturated heterocycles. The molecule has 30 heavy (non-hydrogen) atoms. The van der Waals surface area contributed by atoms with Crippen LogP contribution in [0.5, 0.6) is 0 Å². The number of benzene rings is 1. The van der Waals surface area contributed by atoms with E-state index < -0.39 is 0 Å². The van der Waals surface area contributed by atoms with Crippen molar-refractivity contribution in [3.8, 4) is 0 Å². The van der Waals surface area contributed by atoms with Gasteiger partial charge in [0.1, 0.15) is 6.04 Å². The monoisotopic (exact) mass is 419 g/mol. The van der Waals surface area contributed by atoms with Crippen LogP contribution in [0.15, 0.2) is 54.7 Å². The van der Waals surface area contributed by atoms with E-state index in [4.69, 9.17) is 12.2 Å². The van der Waals surface area contributed by atoms with E-state index >= 15 is 0 Å². The van der Waals surface area contributed by atoms with Crippen LogP contribution in [0.1, 0.15) is 48.1 Å². The number of amides is 1. The topological polar surface area (TPSA) is 73.1 Å². The van der Waals surface area contributed by atoms with Gasteiger partial charge >= 0.3 is 0 Å². The number of thiocarbonyl (C=S) groups is 1. The highest BCUT2D eigenvalue weighted by atomic mass is 32.1. The van der Waals surface area contributed by atoms with Crippen LogP contribution in [0.3, 0.4) is 0 Å². The number of H-pyrrole nitrogens is 1. The molecule has 1 aromatic carbocycles. The van der Waals surface area contributed by atoms with Crippen LogP contribution in [-0.4, -0.2) is 21.0 Å². The Kier molecular flexibility index (Phi) is 5.55. The first-order valence-electron chi connectivity index (χ1n) is 10.0. The number of nitrogens with one attached hydrogen (secondary N) is 3. The van der Waals surface area contributed by atoms with E-state index in [2.05, 4.69) is 43.7 Å². The third-order valence-electron chi connectivity index (χ3n) is 5.35. The maximum Gasteiger partial charge on any atom is 0.224 e. The fourth-order valence-corrected chi connectivity index (χ4v) is 4.17. The highest BCUT2D eigenvalue weighted by Gasteiger charge is 2.41. The maximum absolute atomic E-state index is 11.8. The number of rotatable bonds is 5. The van der Waals surface area contributed by atoms with Gasteiger partial charge in [0, 0.05) is 35.4 Å². The molecule has 3 heterocycles. The zero-order valence-electron chi connectivity index (χ0n) is 17.3. The van der Waals surface area contributed by atoms with Gasteiger partial charge in [-0.05, 0) is 74.1 Å². The summed E-state index contributed by atoms with van der Waals surface area (Å²) in [5, 5.41) is 7.05. The molecule has 1 fully saturated rings. The van der Waals surface area contributed by atoms with E-state index in [0.717, 1.165) is 34.0 Å². The summed E-state index contributed by atoms with van der Waals surface area (Å²) in [6, 6.07) is 15.9. The molecule has 3 aromatic rings. The zero-order valence-corrected chi connectivity index (χ0v) is 18.1. The van der Waals surface area contributed by atoms with Gasteiger partial charge in [-0.2, -0.15) is 0 Å². The van der Waals surface area contributed by atoms with Gasteiger partial charge < -0.3 is 20.5 Å². The minimum absolute atomic E-state index is 0.000775. The van der Waals surface area contributed by atoms with Crippen molar-refractivity contribution in [1.82, 2.24) is 15.3 Å². The lowest BCUT2D eigenvalue weighted by Crippen LogP contribution is -2.29. The highest BCUT2D eigenvalue weighted by molar-refractivity contribution is 7.80. The van der Waals surface area contributed by atoms with Gasteiger partial charge in [-0.15, -0.1) is 0 Å². The number of pyridine rings is 1. The Bertz CT molecular complexity index is 1080. The Labute approximate surface area is 181 Å². The summed E-state index contributed by atoms with van der Waals surface area (Å²) >= 11 is 5.75. The van der Waals surface area contributed by atoms with Crippen LogP contribution in [0, 0.1) is 13.8 Å². The van der Waals surface area contributed by atoms with Crippen LogP contribution in [-0.2, 0) is 4.79 Å². The highest BCUT2D eigenvalue weighted by Crippen LogP contribution is 2.41. The Morgan fingerprint density at radius 3 is 2.67 bits per heavy atom. The largest absolute Gasteiger partial charge is 0.361 e. The van der Waals surface area contributed by atoms with Crippen molar-refractivity contribution in [2.45, 2.75) is 39.3 Å². The molecule has 1 amide bonds. The summed E-state index contributed by atoms with van der Waals surface area (Å²) in [5.74, 6) is -0.000775. The second-order valence-corrected chi connectivity index (χ2v) is 7.88. The number of aromatic amines is 1. The number of anilines is 2. The SMILES string of the molecule is CCC(=O)Nc1ccc(N2C(=S)N[C@H](c3ccccn3)[C@@H]2c2ccc(C)[nH]2)cc1C. The van der Waals surface area contributed by atoms with Crippen molar-refractivity contribution in [2.75, 3.05) is 10.2 Å². The molecule has 6 nitrogen and oxygen atoms in total. The number of carbonyl (C=O) groups is 1. The fraction of sp³-hybridized carbons (Fsp3) is 0.261. The fourth-order valence-electron chi connectivity index (χ4n) is 3.82. The molecule has 0 radical (unpaired) electrons. The van der Waals surface area contributed by atoms with Crippen LogP contribution in [0.2, 0.25) is 0 Å². The van der Waals surface area contributed by atoms with Crippen molar-refractivity contribution in [2.24, 2.45) is 0 Å². The third-order valence-corrected chi connectivity index (χ3v) is 5.67. The number of aryl methyl sites for hydroxylation is 2. The Morgan fingerprint density at radius 2 is 2.03 bits per heavy atom. The minimum Gasteiger partial charge on any atom is -0.361 e. The number of nitrogens with zero attached hydrogens (tertiary/aromatic N) is 2. The van der Waals surface area contributed by atoms with Gasteiger partial charge in [-0.3, -0.25) is 9.78 Å². The summed E-state index contributed by atoms with van der Waals surface area (Å²) in [6.45, 7) is 5.87. The van der Waals surface area contributed by atoms with Gasteiger partial charge in [-0.25, -0.2) is 0 Å². The lowest BCUT2D eigenvalue weighted by Gasteiger charge is -2.27. The smallest absolute Gasteiger partial charge is 0.224 e. The molecule has 4 rings (SSSR count). The standard InChI is InChI=1S/C23H25N5OS/c1-4-20(29)26-17-11-9-16(13-14(17)2)28-22(19-10-8-15(3)25-19)21(27-23(28)30)18-7-5-6-12-24-18/h5-13,21-22,25H,4H2,1-3H3,(H,26,29)(H,27,30)/t21-,22+/m1/s1. The molecule has 0 unspecified atom stereocenters. The van der Waals surface area contributed by atoms with E-state index in [9.17, 15) is 4.79 Å². The summed E-state index contributed by atoms with van der Waals surface area (Å²) < 4.78 is 0. The molecule has 0 spiro atoms. The van der Waals surface area contributed by atoms with Crippen molar-refractivity contribution >= 4 is 34.6 Å².